The lowest BCUT2D eigenvalue weighted by atomic mass is 10.1. The van der Waals surface area contributed by atoms with Gasteiger partial charge in [-0.2, -0.15) is 0 Å². The molecule has 6 heteroatoms. The van der Waals surface area contributed by atoms with Crippen LogP contribution in [-0.2, 0) is 16.4 Å². The minimum atomic E-state index is -2.78. The van der Waals surface area contributed by atoms with E-state index in [1.165, 1.54) is 0 Å². The zero-order valence-electron chi connectivity index (χ0n) is 11.7. The van der Waals surface area contributed by atoms with Crippen LogP contribution < -0.4 is 5.32 Å². The first-order valence-corrected chi connectivity index (χ1v) is 9.76. The van der Waals surface area contributed by atoms with Crippen LogP contribution in [0.5, 0.6) is 0 Å². The summed E-state index contributed by atoms with van der Waals surface area (Å²) in [6.45, 7) is 0.711. The van der Waals surface area contributed by atoms with E-state index in [2.05, 4.69) is 27.8 Å². The molecule has 1 N–H and O–H groups in total. The minimum absolute atomic E-state index is 0.289. The molecule has 1 aliphatic heterocycles. The number of benzene rings is 1. The van der Waals surface area contributed by atoms with E-state index in [0.29, 0.717) is 30.9 Å². The standard InChI is InChI=1S/C15H18N2O2S2/c18-21(19)8-6-13(7-9-21)16-10-15-17-14(11-20-15)12-4-2-1-3-5-12/h1-5,11,13,16H,6-10H2. The molecule has 1 fully saturated rings. The smallest absolute Gasteiger partial charge is 0.150 e. The van der Waals surface area contributed by atoms with Crippen LogP contribution in [-0.4, -0.2) is 30.9 Å². The Balaban J connectivity index is 1.56. The fraction of sp³-hybridized carbons (Fsp3) is 0.400. The molecule has 0 radical (unpaired) electrons. The van der Waals surface area contributed by atoms with Crippen LogP contribution >= 0.6 is 11.3 Å². The maximum absolute atomic E-state index is 11.4. The molecule has 1 aromatic carbocycles. The number of thiazole rings is 1. The Morgan fingerprint density at radius 3 is 2.62 bits per heavy atom. The summed E-state index contributed by atoms with van der Waals surface area (Å²) < 4.78 is 22.8. The summed E-state index contributed by atoms with van der Waals surface area (Å²) >= 11 is 1.64. The van der Waals surface area contributed by atoms with Gasteiger partial charge in [0.25, 0.3) is 0 Å². The van der Waals surface area contributed by atoms with E-state index in [0.717, 1.165) is 16.3 Å². The number of aromatic nitrogens is 1. The first kappa shape index (κ1) is 14.7. The fourth-order valence-corrected chi connectivity index (χ4v) is 4.70. The summed E-state index contributed by atoms with van der Waals surface area (Å²) in [5.41, 5.74) is 2.13. The molecule has 3 rings (SSSR count). The van der Waals surface area contributed by atoms with Gasteiger partial charge in [-0.15, -0.1) is 11.3 Å². The highest BCUT2D eigenvalue weighted by Gasteiger charge is 2.23. The summed E-state index contributed by atoms with van der Waals surface area (Å²) in [4.78, 5) is 4.63. The van der Waals surface area contributed by atoms with Gasteiger partial charge in [0.15, 0.2) is 0 Å². The second-order valence-electron chi connectivity index (χ2n) is 5.30. The van der Waals surface area contributed by atoms with Gasteiger partial charge in [-0.3, -0.25) is 0 Å². The highest BCUT2D eigenvalue weighted by Crippen LogP contribution is 2.22. The van der Waals surface area contributed by atoms with Crippen molar-refractivity contribution in [2.24, 2.45) is 0 Å². The Morgan fingerprint density at radius 1 is 1.19 bits per heavy atom. The summed E-state index contributed by atoms with van der Waals surface area (Å²) in [5.74, 6) is 0.607. The van der Waals surface area contributed by atoms with Crippen molar-refractivity contribution in [3.63, 3.8) is 0 Å². The minimum Gasteiger partial charge on any atom is -0.308 e. The summed E-state index contributed by atoms with van der Waals surface area (Å²) in [6, 6.07) is 10.4. The average Bonchev–Trinajstić information content (AvgIpc) is 2.96. The monoisotopic (exact) mass is 322 g/mol. The summed E-state index contributed by atoms with van der Waals surface area (Å²) in [5, 5.41) is 6.53. The Morgan fingerprint density at radius 2 is 1.90 bits per heavy atom. The second kappa shape index (κ2) is 6.25. The maximum Gasteiger partial charge on any atom is 0.150 e. The quantitative estimate of drug-likeness (QED) is 0.939. The van der Waals surface area contributed by atoms with E-state index in [1.807, 2.05) is 18.2 Å². The van der Waals surface area contributed by atoms with Crippen molar-refractivity contribution in [2.75, 3.05) is 11.5 Å². The molecule has 0 aliphatic carbocycles. The zero-order valence-corrected chi connectivity index (χ0v) is 13.3. The highest BCUT2D eigenvalue weighted by molar-refractivity contribution is 7.91. The lowest BCUT2D eigenvalue weighted by Gasteiger charge is -2.22. The van der Waals surface area contributed by atoms with Gasteiger partial charge >= 0.3 is 0 Å². The molecule has 2 heterocycles. The van der Waals surface area contributed by atoms with Gasteiger partial charge in [-0.25, -0.2) is 13.4 Å². The number of nitrogens with one attached hydrogen (secondary N) is 1. The Kier molecular flexibility index (Phi) is 4.37. The molecule has 21 heavy (non-hydrogen) atoms. The molecular formula is C15H18N2O2S2. The number of rotatable bonds is 4. The van der Waals surface area contributed by atoms with Gasteiger partial charge in [-0.05, 0) is 12.8 Å². The Labute approximate surface area is 129 Å². The molecular weight excluding hydrogens is 304 g/mol. The van der Waals surface area contributed by atoms with Crippen LogP contribution in [0.15, 0.2) is 35.7 Å². The molecule has 0 amide bonds. The van der Waals surface area contributed by atoms with E-state index in [1.54, 1.807) is 11.3 Å². The van der Waals surface area contributed by atoms with E-state index >= 15 is 0 Å². The predicted molar refractivity (Wildman–Crippen MR) is 86.1 cm³/mol. The van der Waals surface area contributed by atoms with Crippen molar-refractivity contribution < 1.29 is 8.42 Å². The zero-order chi connectivity index (χ0) is 14.7. The Hall–Kier alpha value is -1.24. The van der Waals surface area contributed by atoms with Crippen LogP contribution in [0.1, 0.15) is 17.8 Å². The van der Waals surface area contributed by atoms with E-state index in [-0.39, 0.29) is 6.04 Å². The first-order chi connectivity index (χ1) is 10.1. The van der Waals surface area contributed by atoms with Crippen LogP contribution in [0.3, 0.4) is 0 Å². The lowest BCUT2D eigenvalue weighted by molar-refractivity contribution is 0.462. The first-order valence-electron chi connectivity index (χ1n) is 7.06. The fourth-order valence-electron chi connectivity index (χ4n) is 2.46. The molecule has 1 aliphatic rings. The van der Waals surface area contributed by atoms with Crippen molar-refractivity contribution in [3.05, 3.63) is 40.7 Å². The topological polar surface area (TPSA) is 59.1 Å². The van der Waals surface area contributed by atoms with Crippen molar-refractivity contribution >= 4 is 21.2 Å². The van der Waals surface area contributed by atoms with Crippen LogP contribution in [0.4, 0.5) is 0 Å². The Bertz CT molecular complexity index is 681. The number of hydrogen-bond acceptors (Lipinski definition) is 5. The van der Waals surface area contributed by atoms with Crippen LogP contribution in [0.25, 0.3) is 11.3 Å². The van der Waals surface area contributed by atoms with Crippen molar-refractivity contribution in [3.8, 4) is 11.3 Å². The molecule has 0 bridgehead atoms. The largest absolute Gasteiger partial charge is 0.308 e. The summed E-state index contributed by atoms with van der Waals surface area (Å²) in [6.07, 6.45) is 1.42. The third-order valence-electron chi connectivity index (χ3n) is 3.72. The molecule has 112 valence electrons. The van der Waals surface area contributed by atoms with Crippen molar-refractivity contribution in [1.29, 1.82) is 0 Å². The van der Waals surface area contributed by atoms with E-state index < -0.39 is 9.84 Å². The molecule has 0 unspecified atom stereocenters. The van der Waals surface area contributed by atoms with Gasteiger partial charge in [0, 0.05) is 23.5 Å². The summed E-state index contributed by atoms with van der Waals surface area (Å²) in [7, 11) is -2.78. The van der Waals surface area contributed by atoms with Gasteiger partial charge in [0.05, 0.1) is 17.2 Å². The maximum atomic E-state index is 11.4. The molecule has 0 spiro atoms. The van der Waals surface area contributed by atoms with Crippen molar-refractivity contribution in [1.82, 2.24) is 10.3 Å². The van der Waals surface area contributed by atoms with Gasteiger partial charge in [-0.1, -0.05) is 30.3 Å². The third kappa shape index (κ3) is 3.90. The van der Waals surface area contributed by atoms with E-state index in [9.17, 15) is 8.42 Å². The number of nitrogens with zero attached hydrogens (tertiary/aromatic N) is 1. The molecule has 1 aromatic heterocycles. The molecule has 0 atom stereocenters. The molecule has 1 saturated heterocycles. The van der Waals surface area contributed by atoms with Crippen LogP contribution in [0, 0.1) is 0 Å². The van der Waals surface area contributed by atoms with Gasteiger partial charge in [0.2, 0.25) is 0 Å². The second-order valence-corrected chi connectivity index (χ2v) is 8.55. The predicted octanol–water partition coefficient (Wildman–Crippen LogP) is 2.48. The average molecular weight is 322 g/mol. The van der Waals surface area contributed by atoms with E-state index in [4.69, 9.17) is 0 Å². The highest BCUT2D eigenvalue weighted by atomic mass is 32.2. The van der Waals surface area contributed by atoms with Gasteiger partial charge in [0.1, 0.15) is 14.8 Å². The number of hydrogen-bond donors (Lipinski definition) is 1. The third-order valence-corrected chi connectivity index (χ3v) is 6.28. The lowest BCUT2D eigenvalue weighted by Crippen LogP contribution is -2.37. The molecule has 4 nitrogen and oxygen atoms in total. The molecule has 0 saturated carbocycles. The normalized spacial score (nSPS) is 18.7. The SMILES string of the molecule is O=S1(=O)CCC(NCc2nc(-c3ccccc3)cs2)CC1. The van der Waals surface area contributed by atoms with Crippen molar-refractivity contribution in [2.45, 2.75) is 25.4 Å². The van der Waals surface area contributed by atoms with Gasteiger partial charge < -0.3 is 5.32 Å². The number of sulfone groups is 1. The molecule has 2 aromatic rings. The van der Waals surface area contributed by atoms with Crippen LogP contribution in [0.2, 0.25) is 0 Å².